The Balaban J connectivity index is 2.65. The Kier molecular flexibility index (Phi) is 6.69. The Morgan fingerprint density at radius 1 is 1.33 bits per heavy atom. The number of amides is 1. The molecule has 3 heteroatoms. The Morgan fingerprint density at radius 3 is 2.56 bits per heavy atom. The summed E-state index contributed by atoms with van der Waals surface area (Å²) in [5.74, 6) is 1.34. The van der Waals surface area contributed by atoms with Crippen molar-refractivity contribution in [2.24, 2.45) is 17.6 Å². The monoisotopic (exact) mass is 254 g/mol. The highest BCUT2D eigenvalue weighted by atomic mass is 16.2. The Hall–Kier alpha value is -0.570. The van der Waals surface area contributed by atoms with Gasteiger partial charge in [-0.15, -0.1) is 0 Å². The van der Waals surface area contributed by atoms with Crippen LogP contribution in [0.4, 0.5) is 0 Å². The van der Waals surface area contributed by atoms with Gasteiger partial charge in [0.05, 0.1) is 0 Å². The van der Waals surface area contributed by atoms with Crippen molar-refractivity contribution in [2.75, 3.05) is 13.1 Å². The van der Waals surface area contributed by atoms with Gasteiger partial charge in [-0.2, -0.15) is 0 Å². The highest BCUT2D eigenvalue weighted by molar-refractivity contribution is 5.76. The number of rotatable bonds is 6. The van der Waals surface area contributed by atoms with E-state index in [9.17, 15) is 4.79 Å². The number of carbonyl (C=O) groups is 1. The molecule has 0 heterocycles. The van der Waals surface area contributed by atoms with Gasteiger partial charge in [0.1, 0.15) is 0 Å². The summed E-state index contributed by atoms with van der Waals surface area (Å²) >= 11 is 0. The summed E-state index contributed by atoms with van der Waals surface area (Å²) in [6, 6.07) is 0.394. The van der Waals surface area contributed by atoms with Crippen molar-refractivity contribution in [3.63, 3.8) is 0 Å². The van der Waals surface area contributed by atoms with E-state index in [2.05, 4.69) is 25.7 Å². The molecule has 0 aromatic carbocycles. The summed E-state index contributed by atoms with van der Waals surface area (Å²) in [4.78, 5) is 14.5. The average molecular weight is 254 g/mol. The molecule has 1 aliphatic carbocycles. The molecule has 1 aliphatic rings. The van der Waals surface area contributed by atoms with Crippen LogP contribution in [0.5, 0.6) is 0 Å². The van der Waals surface area contributed by atoms with Crippen molar-refractivity contribution in [1.29, 1.82) is 0 Å². The molecule has 1 saturated carbocycles. The summed E-state index contributed by atoms with van der Waals surface area (Å²) in [6.45, 7) is 7.95. The maximum Gasteiger partial charge on any atom is 0.223 e. The fraction of sp³-hybridized carbons (Fsp3) is 0.933. The highest BCUT2D eigenvalue weighted by Crippen LogP contribution is 2.28. The Bertz CT molecular complexity index is 255. The number of hydrogen-bond acceptors (Lipinski definition) is 2. The molecule has 1 fully saturated rings. The van der Waals surface area contributed by atoms with Crippen LogP contribution in [0, 0.1) is 11.8 Å². The van der Waals surface area contributed by atoms with Crippen molar-refractivity contribution in [1.82, 2.24) is 4.90 Å². The second kappa shape index (κ2) is 7.78. The van der Waals surface area contributed by atoms with E-state index in [-0.39, 0.29) is 0 Å². The largest absolute Gasteiger partial charge is 0.340 e. The first-order valence-corrected chi connectivity index (χ1v) is 7.63. The van der Waals surface area contributed by atoms with Gasteiger partial charge in [0, 0.05) is 19.0 Å². The standard InChI is InChI=1S/C15H30N2O/c1-4-12(3)10-15(18)17(5-2)14-9-7-6-8-13(14)11-16/h12-14H,4-11,16H2,1-3H3. The number of carbonyl (C=O) groups excluding carboxylic acids is 1. The SMILES string of the molecule is CCC(C)CC(=O)N(CC)C1CCCCC1CN. The second-order valence-corrected chi connectivity index (χ2v) is 5.74. The van der Waals surface area contributed by atoms with Crippen LogP contribution >= 0.6 is 0 Å². The number of nitrogens with zero attached hydrogens (tertiary/aromatic N) is 1. The van der Waals surface area contributed by atoms with Crippen LogP contribution in [0.3, 0.4) is 0 Å². The molecule has 3 atom stereocenters. The lowest BCUT2D eigenvalue weighted by molar-refractivity contribution is -0.136. The summed E-state index contributed by atoms with van der Waals surface area (Å²) in [6.07, 6.45) is 6.62. The van der Waals surface area contributed by atoms with E-state index in [1.54, 1.807) is 0 Å². The third-order valence-corrected chi connectivity index (χ3v) is 4.45. The quantitative estimate of drug-likeness (QED) is 0.792. The zero-order valence-corrected chi connectivity index (χ0v) is 12.3. The molecule has 18 heavy (non-hydrogen) atoms. The van der Waals surface area contributed by atoms with Crippen LogP contribution in [0.1, 0.15) is 59.3 Å². The molecule has 0 saturated heterocycles. The number of nitrogens with two attached hydrogens (primary N) is 1. The molecule has 3 nitrogen and oxygen atoms in total. The van der Waals surface area contributed by atoms with Gasteiger partial charge in [0.25, 0.3) is 0 Å². The fourth-order valence-electron chi connectivity index (χ4n) is 3.03. The molecule has 0 bridgehead atoms. The van der Waals surface area contributed by atoms with E-state index in [4.69, 9.17) is 5.73 Å². The third-order valence-electron chi connectivity index (χ3n) is 4.45. The Morgan fingerprint density at radius 2 is 2.00 bits per heavy atom. The van der Waals surface area contributed by atoms with E-state index >= 15 is 0 Å². The van der Waals surface area contributed by atoms with Crippen LogP contribution in [0.2, 0.25) is 0 Å². The summed E-state index contributed by atoms with van der Waals surface area (Å²) < 4.78 is 0. The zero-order valence-electron chi connectivity index (χ0n) is 12.3. The van der Waals surface area contributed by atoms with E-state index < -0.39 is 0 Å². The average Bonchev–Trinajstić information content (AvgIpc) is 2.40. The molecule has 2 N–H and O–H groups in total. The lowest BCUT2D eigenvalue weighted by Crippen LogP contribution is -2.48. The molecule has 0 aromatic heterocycles. The van der Waals surface area contributed by atoms with E-state index in [1.165, 1.54) is 19.3 Å². The molecule has 1 rings (SSSR count). The minimum absolute atomic E-state index is 0.331. The predicted octanol–water partition coefficient (Wildman–Crippen LogP) is 2.79. The molecule has 0 radical (unpaired) electrons. The summed E-state index contributed by atoms with van der Waals surface area (Å²) in [5, 5.41) is 0. The van der Waals surface area contributed by atoms with Crippen molar-refractivity contribution < 1.29 is 4.79 Å². The van der Waals surface area contributed by atoms with E-state index in [0.717, 1.165) is 25.9 Å². The molecule has 3 unspecified atom stereocenters. The Labute approximate surface area is 112 Å². The van der Waals surface area contributed by atoms with Gasteiger partial charge >= 0.3 is 0 Å². The molecule has 1 amide bonds. The second-order valence-electron chi connectivity index (χ2n) is 5.74. The molecular weight excluding hydrogens is 224 g/mol. The van der Waals surface area contributed by atoms with Gasteiger partial charge in [-0.25, -0.2) is 0 Å². The predicted molar refractivity (Wildman–Crippen MR) is 76.3 cm³/mol. The van der Waals surface area contributed by atoms with Gasteiger partial charge < -0.3 is 10.6 Å². The molecule has 0 aliphatic heterocycles. The van der Waals surface area contributed by atoms with E-state index in [1.807, 2.05) is 0 Å². The fourth-order valence-corrected chi connectivity index (χ4v) is 3.03. The van der Waals surface area contributed by atoms with Crippen LogP contribution in [-0.4, -0.2) is 29.9 Å². The first kappa shape index (κ1) is 15.5. The van der Waals surface area contributed by atoms with Crippen LogP contribution in [-0.2, 0) is 4.79 Å². The minimum Gasteiger partial charge on any atom is -0.340 e. The van der Waals surface area contributed by atoms with Crippen molar-refractivity contribution in [2.45, 2.75) is 65.3 Å². The van der Waals surface area contributed by atoms with Crippen LogP contribution in [0.25, 0.3) is 0 Å². The minimum atomic E-state index is 0.331. The normalized spacial score (nSPS) is 25.8. The van der Waals surface area contributed by atoms with Gasteiger partial charge in [0.2, 0.25) is 5.91 Å². The van der Waals surface area contributed by atoms with Crippen LogP contribution in [0.15, 0.2) is 0 Å². The lowest BCUT2D eigenvalue weighted by atomic mass is 9.83. The molecule has 0 spiro atoms. The van der Waals surface area contributed by atoms with Gasteiger partial charge in [-0.3, -0.25) is 4.79 Å². The van der Waals surface area contributed by atoms with E-state index in [0.29, 0.717) is 30.2 Å². The lowest BCUT2D eigenvalue weighted by Gasteiger charge is -2.39. The van der Waals surface area contributed by atoms with Crippen LogP contribution < -0.4 is 5.73 Å². The van der Waals surface area contributed by atoms with Crippen molar-refractivity contribution in [3.05, 3.63) is 0 Å². The molecule has 0 aromatic rings. The summed E-state index contributed by atoms with van der Waals surface area (Å²) in [5.41, 5.74) is 5.88. The topological polar surface area (TPSA) is 46.3 Å². The first-order chi connectivity index (χ1) is 8.63. The van der Waals surface area contributed by atoms with Crippen molar-refractivity contribution >= 4 is 5.91 Å². The molecule has 106 valence electrons. The highest BCUT2D eigenvalue weighted by Gasteiger charge is 2.31. The smallest absolute Gasteiger partial charge is 0.223 e. The van der Waals surface area contributed by atoms with Gasteiger partial charge in [-0.05, 0) is 38.1 Å². The maximum atomic E-state index is 12.4. The van der Waals surface area contributed by atoms with Crippen molar-refractivity contribution in [3.8, 4) is 0 Å². The maximum absolute atomic E-state index is 12.4. The van der Waals surface area contributed by atoms with Gasteiger partial charge in [-0.1, -0.05) is 33.1 Å². The third kappa shape index (κ3) is 3.98. The number of hydrogen-bond donors (Lipinski definition) is 1. The first-order valence-electron chi connectivity index (χ1n) is 7.63. The summed E-state index contributed by atoms with van der Waals surface area (Å²) in [7, 11) is 0. The molecular formula is C15H30N2O. The zero-order chi connectivity index (χ0) is 13.5. The van der Waals surface area contributed by atoms with Gasteiger partial charge in [0.15, 0.2) is 0 Å².